The zero-order valence-corrected chi connectivity index (χ0v) is 11.0. The second kappa shape index (κ2) is 6.27. The van der Waals surface area contributed by atoms with Gasteiger partial charge in [-0.2, -0.15) is 0 Å². The molecule has 0 amide bonds. The first kappa shape index (κ1) is 14.2. The topological polar surface area (TPSA) is 97.5 Å². The molecule has 106 valence electrons. The number of aromatic carboxylic acids is 1. The number of hydrogen-bond acceptors (Lipinski definition) is 5. The van der Waals surface area contributed by atoms with Crippen molar-refractivity contribution in [3.8, 4) is 0 Å². The molecule has 2 aromatic rings. The molecule has 0 fully saturated rings. The summed E-state index contributed by atoms with van der Waals surface area (Å²) in [4.78, 5) is 11.0. The lowest BCUT2D eigenvalue weighted by molar-refractivity contribution is 0.0684. The lowest BCUT2D eigenvalue weighted by atomic mass is 10.1. The van der Waals surface area contributed by atoms with Gasteiger partial charge in [0, 0.05) is 7.11 Å². The van der Waals surface area contributed by atoms with E-state index in [1.54, 1.807) is 12.1 Å². The predicted octanol–water partition coefficient (Wildman–Crippen LogP) is 0.663. The van der Waals surface area contributed by atoms with Crippen LogP contribution in [0.4, 0.5) is 0 Å². The maximum atomic E-state index is 11.0. The maximum absolute atomic E-state index is 11.0. The Hall–Kier alpha value is -2.25. The van der Waals surface area contributed by atoms with Crippen LogP contribution in [0.2, 0.25) is 0 Å². The quantitative estimate of drug-likeness (QED) is 0.805. The third kappa shape index (κ3) is 3.01. The molecule has 2 N–H and O–H groups in total. The second-order valence-electron chi connectivity index (χ2n) is 4.26. The minimum absolute atomic E-state index is 0.0122. The van der Waals surface area contributed by atoms with Gasteiger partial charge in [-0.15, -0.1) is 5.10 Å². The first-order valence-electron chi connectivity index (χ1n) is 5.99. The SMILES string of the molecule is COCc1c(C(=O)O)nnn1Cc1ccc(CO)cc1. The number of ether oxygens (including phenoxy) is 1. The Balaban J connectivity index is 2.25. The number of carboxylic acid groups (broad SMARTS) is 1. The molecule has 20 heavy (non-hydrogen) atoms. The van der Waals surface area contributed by atoms with Crippen molar-refractivity contribution in [2.75, 3.05) is 7.11 Å². The molecule has 0 aliphatic rings. The molecule has 0 bridgehead atoms. The summed E-state index contributed by atoms with van der Waals surface area (Å²) in [6, 6.07) is 7.31. The fourth-order valence-corrected chi connectivity index (χ4v) is 1.83. The molecule has 0 saturated carbocycles. The minimum atomic E-state index is -1.13. The number of aliphatic hydroxyl groups is 1. The molecule has 1 aromatic heterocycles. The fourth-order valence-electron chi connectivity index (χ4n) is 1.83. The zero-order valence-electron chi connectivity index (χ0n) is 11.0. The van der Waals surface area contributed by atoms with Gasteiger partial charge < -0.3 is 14.9 Å². The molecule has 0 unspecified atom stereocenters. The summed E-state index contributed by atoms with van der Waals surface area (Å²) in [6.07, 6.45) is 0. The van der Waals surface area contributed by atoms with Gasteiger partial charge in [-0.25, -0.2) is 9.48 Å². The van der Waals surface area contributed by atoms with Crippen LogP contribution in [0.15, 0.2) is 24.3 Å². The molecule has 1 aromatic carbocycles. The van der Waals surface area contributed by atoms with E-state index in [0.717, 1.165) is 11.1 Å². The normalized spacial score (nSPS) is 10.7. The summed E-state index contributed by atoms with van der Waals surface area (Å²) in [5.41, 5.74) is 2.07. The van der Waals surface area contributed by atoms with E-state index < -0.39 is 5.97 Å². The van der Waals surface area contributed by atoms with Crippen LogP contribution in [-0.2, 0) is 24.5 Å². The van der Waals surface area contributed by atoms with Crippen molar-refractivity contribution in [3.05, 3.63) is 46.8 Å². The van der Waals surface area contributed by atoms with Crippen molar-refractivity contribution in [2.45, 2.75) is 19.8 Å². The lowest BCUT2D eigenvalue weighted by Crippen LogP contribution is -2.10. The summed E-state index contributed by atoms with van der Waals surface area (Å²) in [5.74, 6) is -1.13. The standard InChI is InChI=1S/C13H15N3O4/c1-20-8-11-12(13(18)19)14-15-16(11)6-9-2-4-10(7-17)5-3-9/h2-5,17H,6-8H2,1H3,(H,18,19). The number of aromatic nitrogens is 3. The summed E-state index contributed by atoms with van der Waals surface area (Å²) >= 11 is 0. The third-order valence-corrected chi connectivity index (χ3v) is 2.86. The van der Waals surface area contributed by atoms with Gasteiger partial charge in [0.1, 0.15) is 0 Å². The first-order chi connectivity index (χ1) is 9.65. The van der Waals surface area contributed by atoms with E-state index in [0.29, 0.717) is 12.2 Å². The Morgan fingerprint density at radius 3 is 2.50 bits per heavy atom. The predicted molar refractivity (Wildman–Crippen MR) is 69.2 cm³/mol. The van der Waals surface area contributed by atoms with Gasteiger partial charge in [0.15, 0.2) is 5.69 Å². The van der Waals surface area contributed by atoms with Crippen molar-refractivity contribution >= 4 is 5.97 Å². The first-order valence-corrected chi connectivity index (χ1v) is 5.99. The van der Waals surface area contributed by atoms with Crippen LogP contribution in [0, 0.1) is 0 Å². The molecular formula is C13H15N3O4. The van der Waals surface area contributed by atoms with E-state index in [9.17, 15) is 4.79 Å². The van der Waals surface area contributed by atoms with Crippen LogP contribution in [-0.4, -0.2) is 38.3 Å². The Labute approximate surface area is 115 Å². The minimum Gasteiger partial charge on any atom is -0.476 e. The van der Waals surface area contributed by atoms with Crippen LogP contribution in [0.3, 0.4) is 0 Å². The Morgan fingerprint density at radius 1 is 1.30 bits per heavy atom. The Morgan fingerprint density at radius 2 is 1.95 bits per heavy atom. The molecule has 0 aliphatic heterocycles. The smallest absolute Gasteiger partial charge is 0.358 e. The summed E-state index contributed by atoms with van der Waals surface area (Å²) in [7, 11) is 1.49. The van der Waals surface area contributed by atoms with Gasteiger partial charge in [-0.3, -0.25) is 0 Å². The van der Waals surface area contributed by atoms with Gasteiger partial charge in [0.2, 0.25) is 0 Å². The van der Waals surface area contributed by atoms with E-state index in [-0.39, 0.29) is 18.9 Å². The molecular weight excluding hydrogens is 262 g/mol. The van der Waals surface area contributed by atoms with Crippen molar-refractivity contribution < 1.29 is 19.7 Å². The van der Waals surface area contributed by atoms with E-state index >= 15 is 0 Å². The number of carboxylic acids is 1. The van der Waals surface area contributed by atoms with Crippen molar-refractivity contribution in [1.82, 2.24) is 15.0 Å². The molecule has 0 spiro atoms. The average molecular weight is 277 g/mol. The Kier molecular flexibility index (Phi) is 4.44. The lowest BCUT2D eigenvalue weighted by Gasteiger charge is -2.07. The monoisotopic (exact) mass is 277 g/mol. The number of rotatable bonds is 6. The average Bonchev–Trinajstić information content (AvgIpc) is 2.83. The second-order valence-corrected chi connectivity index (χ2v) is 4.26. The van der Waals surface area contributed by atoms with E-state index in [4.69, 9.17) is 14.9 Å². The largest absolute Gasteiger partial charge is 0.476 e. The van der Waals surface area contributed by atoms with Gasteiger partial charge in [-0.1, -0.05) is 29.5 Å². The number of methoxy groups -OCH3 is 1. The molecule has 0 radical (unpaired) electrons. The van der Waals surface area contributed by atoms with Crippen molar-refractivity contribution in [2.24, 2.45) is 0 Å². The van der Waals surface area contributed by atoms with Gasteiger partial charge in [0.05, 0.1) is 25.5 Å². The highest BCUT2D eigenvalue weighted by Crippen LogP contribution is 2.11. The summed E-state index contributed by atoms with van der Waals surface area (Å²) in [6.45, 7) is 0.510. The molecule has 1 heterocycles. The highest BCUT2D eigenvalue weighted by molar-refractivity contribution is 5.86. The molecule has 0 aliphatic carbocycles. The Bertz CT molecular complexity index is 592. The van der Waals surface area contributed by atoms with E-state index in [1.807, 2.05) is 12.1 Å². The number of hydrogen-bond donors (Lipinski definition) is 2. The molecule has 0 atom stereocenters. The zero-order chi connectivity index (χ0) is 14.5. The van der Waals surface area contributed by atoms with E-state index in [1.165, 1.54) is 11.8 Å². The van der Waals surface area contributed by atoms with Crippen LogP contribution < -0.4 is 0 Å². The van der Waals surface area contributed by atoms with Crippen LogP contribution >= 0.6 is 0 Å². The van der Waals surface area contributed by atoms with Gasteiger partial charge in [-0.05, 0) is 11.1 Å². The summed E-state index contributed by atoms with van der Waals surface area (Å²) in [5, 5.41) is 25.5. The maximum Gasteiger partial charge on any atom is 0.358 e. The van der Waals surface area contributed by atoms with Crippen LogP contribution in [0.25, 0.3) is 0 Å². The molecule has 7 heteroatoms. The number of carbonyl (C=O) groups is 1. The summed E-state index contributed by atoms with van der Waals surface area (Å²) < 4.78 is 6.50. The van der Waals surface area contributed by atoms with Crippen molar-refractivity contribution in [3.63, 3.8) is 0 Å². The molecule has 0 saturated heterocycles. The number of nitrogens with zero attached hydrogens (tertiary/aromatic N) is 3. The van der Waals surface area contributed by atoms with Crippen LogP contribution in [0.5, 0.6) is 0 Å². The number of benzene rings is 1. The van der Waals surface area contributed by atoms with Gasteiger partial charge >= 0.3 is 5.97 Å². The highest BCUT2D eigenvalue weighted by Gasteiger charge is 2.18. The molecule has 2 rings (SSSR count). The van der Waals surface area contributed by atoms with E-state index in [2.05, 4.69) is 10.3 Å². The third-order valence-electron chi connectivity index (χ3n) is 2.86. The van der Waals surface area contributed by atoms with Gasteiger partial charge in [0.25, 0.3) is 0 Å². The fraction of sp³-hybridized carbons (Fsp3) is 0.308. The number of aliphatic hydroxyl groups excluding tert-OH is 1. The molecule has 7 nitrogen and oxygen atoms in total. The highest BCUT2D eigenvalue weighted by atomic mass is 16.5. The van der Waals surface area contributed by atoms with Crippen LogP contribution in [0.1, 0.15) is 27.3 Å². The van der Waals surface area contributed by atoms with Crippen molar-refractivity contribution in [1.29, 1.82) is 0 Å².